The predicted molar refractivity (Wildman–Crippen MR) is 97.0 cm³/mol. The van der Waals surface area contributed by atoms with Gasteiger partial charge in [0.15, 0.2) is 6.61 Å². The fourth-order valence-electron chi connectivity index (χ4n) is 2.91. The van der Waals surface area contributed by atoms with Gasteiger partial charge < -0.3 is 20.3 Å². The highest BCUT2D eigenvalue weighted by Crippen LogP contribution is 2.33. The minimum absolute atomic E-state index is 0.0117. The SMILES string of the molecule is CN1C(=O)COc2ccc(NC(=O)NCCS(=O)(=O)N3CCCC3)cc21. The molecule has 2 heterocycles. The first-order chi connectivity index (χ1) is 12.4. The second kappa shape index (κ2) is 7.50. The molecule has 0 atom stereocenters. The molecular weight excluding hydrogens is 360 g/mol. The first kappa shape index (κ1) is 18.5. The molecule has 1 saturated heterocycles. The minimum Gasteiger partial charge on any atom is -0.482 e. The number of nitrogens with zero attached hydrogens (tertiary/aromatic N) is 2. The molecule has 1 aromatic rings. The molecule has 2 aliphatic heterocycles. The topological polar surface area (TPSA) is 108 Å². The van der Waals surface area contributed by atoms with Gasteiger partial charge in [0.25, 0.3) is 5.91 Å². The number of likely N-dealkylation sites (N-methyl/N-ethyl adjacent to an activating group) is 1. The van der Waals surface area contributed by atoms with Gasteiger partial charge in [0.05, 0.1) is 11.4 Å². The molecule has 0 radical (unpaired) electrons. The number of urea groups is 1. The number of carbonyl (C=O) groups excluding carboxylic acids is 2. The van der Waals surface area contributed by atoms with Gasteiger partial charge in [0.2, 0.25) is 10.0 Å². The third-order valence-electron chi connectivity index (χ3n) is 4.41. The van der Waals surface area contributed by atoms with Gasteiger partial charge in [-0.15, -0.1) is 0 Å². The van der Waals surface area contributed by atoms with Gasteiger partial charge in [0.1, 0.15) is 5.75 Å². The summed E-state index contributed by atoms with van der Waals surface area (Å²) in [6, 6.07) is 4.45. The van der Waals surface area contributed by atoms with E-state index in [0.717, 1.165) is 12.8 Å². The molecule has 10 heteroatoms. The van der Waals surface area contributed by atoms with Crippen LogP contribution in [0, 0.1) is 0 Å². The number of benzene rings is 1. The van der Waals surface area contributed by atoms with Crippen LogP contribution in [0.4, 0.5) is 16.2 Å². The summed E-state index contributed by atoms with van der Waals surface area (Å²) >= 11 is 0. The van der Waals surface area contributed by atoms with E-state index in [1.807, 2.05) is 0 Å². The first-order valence-corrected chi connectivity index (χ1v) is 10.0. The number of ether oxygens (including phenoxy) is 1. The molecule has 26 heavy (non-hydrogen) atoms. The molecule has 3 rings (SSSR count). The maximum absolute atomic E-state index is 12.1. The Hall–Kier alpha value is -2.33. The van der Waals surface area contributed by atoms with Crippen LogP contribution in [-0.4, -0.2) is 63.7 Å². The lowest BCUT2D eigenvalue weighted by atomic mass is 10.2. The fraction of sp³-hybridized carbons (Fsp3) is 0.500. The molecule has 0 saturated carbocycles. The maximum atomic E-state index is 12.1. The van der Waals surface area contributed by atoms with Crippen molar-refractivity contribution >= 4 is 33.3 Å². The number of sulfonamides is 1. The summed E-state index contributed by atoms with van der Waals surface area (Å²) in [5.74, 6) is 0.261. The van der Waals surface area contributed by atoms with E-state index in [1.165, 1.54) is 9.21 Å². The molecule has 0 unspecified atom stereocenters. The van der Waals surface area contributed by atoms with Crippen LogP contribution in [0.1, 0.15) is 12.8 Å². The second-order valence-corrected chi connectivity index (χ2v) is 8.32. The van der Waals surface area contributed by atoms with Crippen molar-refractivity contribution in [3.63, 3.8) is 0 Å². The molecule has 1 aromatic carbocycles. The van der Waals surface area contributed by atoms with Gasteiger partial charge in [-0.1, -0.05) is 0 Å². The van der Waals surface area contributed by atoms with Crippen LogP contribution >= 0.6 is 0 Å². The van der Waals surface area contributed by atoms with Crippen molar-refractivity contribution in [2.24, 2.45) is 0 Å². The van der Waals surface area contributed by atoms with Gasteiger partial charge >= 0.3 is 6.03 Å². The number of fused-ring (bicyclic) bond motifs is 1. The average Bonchev–Trinajstić information content (AvgIpc) is 3.14. The maximum Gasteiger partial charge on any atom is 0.319 e. The summed E-state index contributed by atoms with van der Waals surface area (Å²) in [6.07, 6.45) is 1.76. The minimum atomic E-state index is -3.32. The van der Waals surface area contributed by atoms with Crippen LogP contribution in [0.15, 0.2) is 18.2 Å². The highest BCUT2D eigenvalue weighted by atomic mass is 32.2. The Balaban J connectivity index is 1.53. The van der Waals surface area contributed by atoms with Gasteiger partial charge in [-0.2, -0.15) is 0 Å². The highest BCUT2D eigenvalue weighted by molar-refractivity contribution is 7.89. The van der Waals surface area contributed by atoms with E-state index in [2.05, 4.69) is 10.6 Å². The van der Waals surface area contributed by atoms with Crippen LogP contribution < -0.4 is 20.3 Å². The number of hydrogen-bond acceptors (Lipinski definition) is 5. The zero-order valence-electron chi connectivity index (χ0n) is 14.5. The van der Waals surface area contributed by atoms with E-state index in [4.69, 9.17) is 4.74 Å². The highest BCUT2D eigenvalue weighted by Gasteiger charge is 2.25. The van der Waals surface area contributed by atoms with Gasteiger partial charge in [0, 0.05) is 32.4 Å². The number of anilines is 2. The van der Waals surface area contributed by atoms with Crippen LogP contribution in [0.5, 0.6) is 5.75 Å². The van der Waals surface area contributed by atoms with Crippen molar-refractivity contribution in [2.45, 2.75) is 12.8 Å². The molecule has 0 aliphatic carbocycles. The van der Waals surface area contributed by atoms with E-state index in [9.17, 15) is 18.0 Å². The van der Waals surface area contributed by atoms with Crippen molar-refractivity contribution in [3.05, 3.63) is 18.2 Å². The first-order valence-electron chi connectivity index (χ1n) is 8.43. The van der Waals surface area contributed by atoms with Crippen LogP contribution in [-0.2, 0) is 14.8 Å². The Morgan fingerprint density at radius 1 is 1.27 bits per heavy atom. The third-order valence-corrected chi connectivity index (χ3v) is 6.28. The third kappa shape index (κ3) is 4.07. The van der Waals surface area contributed by atoms with Crippen molar-refractivity contribution in [1.29, 1.82) is 0 Å². The van der Waals surface area contributed by atoms with E-state index in [0.29, 0.717) is 30.2 Å². The summed E-state index contributed by atoms with van der Waals surface area (Å²) in [4.78, 5) is 25.1. The number of nitrogens with one attached hydrogen (secondary N) is 2. The summed E-state index contributed by atoms with van der Waals surface area (Å²) in [5, 5.41) is 5.17. The van der Waals surface area contributed by atoms with Crippen molar-refractivity contribution in [1.82, 2.24) is 9.62 Å². The molecule has 2 N–H and O–H groups in total. The Labute approximate surface area is 152 Å². The Morgan fingerprint density at radius 3 is 2.73 bits per heavy atom. The lowest BCUT2D eigenvalue weighted by molar-refractivity contribution is -0.120. The molecule has 142 valence electrons. The summed E-state index contributed by atoms with van der Waals surface area (Å²) in [7, 11) is -1.69. The summed E-state index contributed by atoms with van der Waals surface area (Å²) in [5.41, 5.74) is 1.05. The summed E-state index contributed by atoms with van der Waals surface area (Å²) < 4.78 is 31.0. The Kier molecular flexibility index (Phi) is 5.33. The zero-order chi connectivity index (χ0) is 18.7. The zero-order valence-corrected chi connectivity index (χ0v) is 15.3. The Bertz CT molecular complexity index is 805. The molecule has 1 fully saturated rings. The van der Waals surface area contributed by atoms with E-state index in [1.54, 1.807) is 25.2 Å². The van der Waals surface area contributed by atoms with Crippen LogP contribution in [0.3, 0.4) is 0 Å². The monoisotopic (exact) mass is 382 g/mol. The lowest BCUT2D eigenvalue weighted by Crippen LogP contribution is -2.38. The quantitative estimate of drug-likeness (QED) is 0.775. The average molecular weight is 382 g/mol. The van der Waals surface area contributed by atoms with Crippen LogP contribution in [0.25, 0.3) is 0 Å². The number of hydrogen-bond donors (Lipinski definition) is 2. The fourth-order valence-corrected chi connectivity index (χ4v) is 4.35. The number of amides is 3. The van der Waals surface area contributed by atoms with E-state index in [-0.39, 0.29) is 24.8 Å². The molecule has 2 aliphatic rings. The normalized spacial score (nSPS) is 17.6. The van der Waals surface area contributed by atoms with Gasteiger partial charge in [-0.25, -0.2) is 17.5 Å². The number of carbonyl (C=O) groups is 2. The standard InChI is InChI=1S/C16H22N4O5S/c1-19-13-10-12(4-5-14(13)25-11-15(19)21)18-16(22)17-6-9-26(23,24)20-7-2-3-8-20/h4-5,10H,2-3,6-9,11H2,1H3,(H2,17,18,22). The lowest BCUT2D eigenvalue weighted by Gasteiger charge is -2.26. The van der Waals surface area contributed by atoms with Crippen LogP contribution in [0.2, 0.25) is 0 Å². The summed E-state index contributed by atoms with van der Waals surface area (Å²) in [6.45, 7) is 1.12. The van der Waals surface area contributed by atoms with Crippen molar-refractivity contribution in [3.8, 4) is 5.75 Å². The molecular formula is C16H22N4O5S. The molecule has 0 spiro atoms. The molecule has 9 nitrogen and oxygen atoms in total. The molecule has 3 amide bonds. The predicted octanol–water partition coefficient (Wildman–Crippen LogP) is 0.589. The van der Waals surface area contributed by atoms with Crippen molar-refractivity contribution in [2.75, 3.05) is 49.3 Å². The Morgan fingerprint density at radius 2 is 2.00 bits per heavy atom. The van der Waals surface area contributed by atoms with Gasteiger partial charge in [-0.3, -0.25) is 4.79 Å². The van der Waals surface area contributed by atoms with E-state index >= 15 is 0 Å². The molecule has 0 bridgehead atoms. The van der Waals surface area contributed by atoms with E-state index < -0.39 is 16.1 Å². The largest absolute Gasteiger partial charge is 0.482 e. The van der Waals surface area contributed by atoms with Crippen molar-refractivity contribution < 1.29 is 22.7 Å². The second-order valence-electron chi connectivity index (χ2n) is 6.23. The smallest absolute Gasteiger partial charge is 0.319 e. The van der Waals surface area contributed by atoms with Gasteiger partial charge in [-0.05, 0) is 31.0 Å². The molecule has 0 aromatic heterocycles. The number of rotatable bonds is 5.